The molecule has 0 saturated carbocycles. The summed E-state index contributed by atoms with van der Waals surface area (Å²) in [7, 11) is 0. The van der Waals surface area contributed by atoms with Gasteiger partial charge in [0.25, 0.3) is 5.91 Å². The van der Waals surface area contributed by atoms with Crippen molar-refractivity contribution in [3.05, 3.63) is 75.1 Å². The molecule has 1 saturated heterocycles. The number of carbonyl (C=O) groups is 1. The molecule has 1 aliphatic rings. The molecule has 0 spiro atoms. The highest BCUT2D eigenvalue weighted by atomic mass is 79.9. The first-order chi connectivity index (χ1) is 15.5. The van der Waals surface area contributed by atoms with E-state index in [4.69, 9.17) is 21.7 Å². The number of rotatable bonds is 10. The van der Waals surface area contributed by atoms with Crippen molar-refractivity contribution in [3.63, 3.8) is 0 Å². The number of halogens is 1. The van der Waals surface area contributed by atoms with E-state index in [2.05, 4.69) is 22.5 Å². The van der Waals surface area contributed by atoms with Crippen LogP contribution in [0.1, 0.15) is 37.0 Å². The molecular formula is C25H26BrNO3S2. The van der Waals surface area contributed by atoms with Crippen LogP contribution in [-0.2, 0) is 17.8 Å². The van der Waals surface area contributed by atoms with Crippen molar-refractivity contribution in [3.8, 4) is 11.5 Å². The van der Waals surface area contributed by atoms with Gasteiger partial charge in [0.15, 0.2) is 11.5 Å². The molecule has 0 aliphatic carbocycles. The van der Waals surface area contributed by atoms with E-state index in [1.54, 1.807) is 4.90 Å². The van der Waals surface area contributed by atoms with Crippen molar-refractivity contribution in [2.45, 2.75) is 33.3 Å². The molecule has 32 heavy (non-hydrogen) atoms. The van der Waals surface area contributed by atoms with Crippen LogP contribution in [0.5, 0.6) is 11.5 Å². The third kappa shape index (κ3) is 6.03. The number of thioether (sulfide) groups is 1. The average molecular weight is 533 g/mol. The first-order valence-electron chi connectivity index (χ1n) is 10.5. The van der Waals surface area contributed by atoms with E-state index in [9.17, 15) is 4.79 Å². The van der Waals surface area contributed by atoms with Crippen molar-refractivity contribution in [2.75, 3.05) is 13.2 Å². The Hall–Kier alpha value is -2.09. The number of thiocarbonyl (C=S) groups is 1. The summed E-state index contributed by atoms with van der Waals surface area (Å²) in [5.41, 5.74) is 2.89. The van der Waals surface area contributed by atoms with Crippen LogP contribution in [0.15, 0.2) is 58.4 Å². The second kappa shape index (κ2) is 11.7. The lowest BCUT2D eigenvalue weighted by atomic mass is 10.0. The van der Waals surface area contributed by atoms with Crippen LogP contribution in [0, 0.1) is 0 Å². The standard InChI is InChI=1S/C25H26BrNO3S2/c1-4-7-19-13-18(15-22-24(28)27(12-5-2)25(31)32-22)14-21(29-6-3)23(19)30-16-17-8-10-20(26)11-9-17/h4,8-11,13-15H,1,5-7,12,16H2,2-3H3/b22-15+. The highest BCUT2D eigenvalue weighted by Crippen LogP contribution is 2.38. The Morgan fingerprint density at radius 1 is 1.19 bits per heavy atom. The monoisotopic (exact) mass is 531 g/mol. The summed E-state index contributed by atoms with van der Waals surface area (Å²) in [5, 5.41) is 0. The van der Waals surface area contributed by atoms with Crippen molar-refractivity contribution in [2.24, 2.45) is 0 Å². The van der Waals surface area contributed by atoms with Gasteiger partial charge in [0.2, 0.25) is 0 Å². The van der Waals surface area contributed by atoms with Gasteiger partial charge in [-0.1, -0.05) is 65.0 Å². The van der Waals surface area contributed by atoms with Gasteiger partial charge in [-0.2, -0.15) is 0 Å². The summed E-state index contributed by atoms with van der Waals surface area (Å²) in [6.07, 6.45) is 5.20. The minimum Gasteiger partial charge on any atom is -0.490 e. The summed E-state index contributed by atoms with van der Waals surface area (Å²) in [5.74, 6) is 1.31. The van der Waals surface area contributed by atoms with Crippen molar-refractivity contribution >= 4 is 56.2 Å². The number of carbonyl (C=O) groups excluding carboxylic acids is 1. The van der Waals surface area contributed by atoms with Gasteiger partial charge in [0, 0.05) is 16.6 Å². The normalized spacial score (nSPS) is 14.8. The maximum atomic E-state index is 12.8. The molecule has 1 heterocycles. The highest BCUT2D eigenvalue weighted by molar-refractivity contribution is 9.10. The number of nitrogens with zero attached hydrogens (tertiary/aromatic N) is 1. The molecule has 1 aliphatic heterocycles. The highest BCUT2D eigenvalue weighted by Gasteiger charge is 2.31. The number of amides is 1. The van der Waals surface area contributed by atoms with E-state index >= 15 is 0 Å². The van der Waals surface area contributed by atoms with E-state index in [0.717, 1.165) is 27.6 Å². The van der Waals surface area contributed by atoms with E-state index in [1.165, 1.54) is 11.8 Å². The fourth-order valence-electron chi connectivity index (χ4n) is 3.30. The molecule has 2 aromatic rings. The molecule has 1 amide bonds. The Kier molecular flexibility index (Phi) is 8.96. The Balaban J connectivity index is 1.93. The number of hydrogen-bond donors (Lipinski definition) is 0. The van der Waals surface area contributed by atoms with E-state index in [-0.39, 0.29) is 5.91 Å². The number of benzene rings is 2. The van der Waals surface area contributed by atoms with Crippen molar-refractivity contribution in [1.29, 1.82) is 0 Å². The SMILES string of the molecule is C=CCc1cc(/C=C2/SC(=S)N(CCC)C2=O)cc(OCC)c1OCc1ccc(Br)cc1. The molecule has 0 unspecified atom stereocenters. The fourth-order valence-corrected chi connectivity index (χ4v) is 4.88. The molecule has 0 bridgehead atoms. The Bertz CT molecular complexity index is 1030. The Labute approximate surface area is 207 Å². The van der Waals surface area contributed by atoms with Gasteiger partial charge in [-0.3, -0.25) is 9.69 Å². The zero-order chi connectivity index (χ0) is 23.1. The molecule has 0 atom stereocenters. The summed E-state index contributed by atoms with van der Waals surface area (Å²) < 4.78 is 13.8. The zero-order valence-corrected chi connectivity index (χ0v) is 21.4. The average Bonchev–Trinajstić information content (AvgIpc) is 3.02. The van der Waals surface area contributed by atoms with E-state index in [1.807, 2.05) is 62.4 Å². The number of allylic oxidation sites excluding steroid dienone is 1. The minimum atomic E-state index is -0.0411. The zero-order valence-electron chi connectivity index (χ0n) is 18.2. The Morgan fingerprint density at radius 2 is 1.94 bits per heavy atom. The molecule has 7 heteroatoms. The lowest BCUT2D eigenvalue weighted by Gasteiger charge is -2.17. The van der Waals surface area contributed by atoms with Crippen LogP contribution in [-0.4, -0.2) is 28.3 Å². The molecule has 2 aromatic carbocycles. The molecular weight excluding hydrogens is 506 g/mol. The maximum absolute atomic E-state index is 12.8. The fraction of sp³-hybridized carbons (Fsp3) is 0.280. The topological polar surface area (TPSA) is 38.8 Å². The van der Waals surface area contributed by atoms with Gasteiger partial charge in [-0.25, -0.2) is 0 Å². The minimum absolute atomic E-state index is 0.0411. The van der Waals surface area contributed by atoms with E-state index < -0.39 is 0 Å². The first-order valence-corrected chi connectivity index (χ1v) is 12.5. The van der Waals surface area contributed by atoms with Gasteiger partial charge < -0.3 is 9.47 Å². The lowest BCUT2D eigenvalue weighted by Crippen LogP contribution is -2.28. The molecule has 168 valence electrons. The first kappa shape index (κ1) is 24.6. The van der Waals surface area contributed by atoms with Gasteiger partial charge in [0.05, 0.1) is 11.5 Å². The van der Waals surface area contributed by atoms with E-state index in [0.29, 0.717) is 46.9 Å². The third-order valence-corrected chi connectivity index (χ3v) is 6.64. The largest absolute Gasteiger partial charge is 0.490 e. The summed E-state index contributed by atoms with van der Waals surface area (Å²) in [6, 6.07) is 12.0. The van der Waals surface area contributed by atoms with Crippen molar-refractivity contribution < 1.29 is 14.3 Å². The predicted octanol–water partition coefficient (Wildman–Crippen LogP) is 6.77. The second-order valence-electron chi connectivity index (χ2n) is 7.18. The molecule has 0 aromatic heterocycles. The van der Waals surface area contributed by atoms with Crippen LogP contribution in [0.25, 0.3) is 6.08 Å². The van der Waals surface area contributed by atoms with Crippen LogP contribution < -0.4 is 9.47 Å². The van der Waals surface area contributed by atoms with Gasteiger partial charge in [-0.15, -0.1) is 6.58 Å². The molecule has 3 rings (SSSR count). The lowest BCUT2D eigenvalue weighted by molar-refractivity contribution is -0.122. The Morgan fingerprint density at radius 3 is 2.59 bits per heavy atom. The van der Waals surface area contributed by atoms with Crippen LogP contribution >= 0.6 is 39.9 Å². The maximum Gasteiger partial charge on any atom is 0.266 e. The van der Waals surface area contributed by atoms with Crippen LogP contribution in [0.3, 0.4) is 0 Å². The number of ether oxygens (including phenoxy) is 2. The summed E-state index contributed by atoms with van der Waals surface area (Å²) in [6.45, 7) is 9.42. The molecule has 0 radical (unpaired) electrons. The molecule has 0 N–H and O–H groups in total. The molecule has 4 nitrogen and oxygen atoms in total. The van der Waals surface area contributed by atoms with Crippen LogP contribution in [0.4, 0.5) is 0 Å². The molecule has 1 fully saturated rings. The smallest absolute Gasteiger partial charge is 0.266 e. The quantitative estimate of drug-likeness (QED) is 0.192. The third-order valence-electron chi connectivity index (χ3n) is 4.73. The van der Waals surface area contributed by atoms with Gasteiger partial charge in [0.1, 0.15) is 10.9 Å². The second-order valence-corrected chi connectivity index (χ2v) is 9.77. The predicted molar refractivity (Wildman–Crippen MR) is 140 cm³/mol. The summed E-state index contributed by atoms with van der Waals surface area (Å²) in [4.78, 5) is 15.0. The summed E-state index contributed by atoms with van der Waals surface area (Å²) >= 11 is 10.2. The van der Waals surface area contributed by atoms with Gasteiger partial charge in [-0.05, 0) is 61.2 Å². The van der Waals surface area contributed by atoms with Gasteiger partial charge >= 0.3 is 0 Å². The number of hydrogen-bond acceptors (Lipinski definition) is 5. The van der Waals surface area contributed by atoms with Crippen molar-refractivity contribution in [1.82, 2.24) is 4.90 Å². The van der Waals surface area contributed by atoms with Crippen LogP contribution in [0.2, 0.25) is 0 Å².